The predicted octanol–water partition coefficient (Wildman–Crippen LogP) is 4.35. The minimum Gasteiger partial charge on any atom is -0.350 e. The number of carbonyl (C=O) groups is 2. The van der Waals surface area contributed by atoms with Gasteiger partial charge in [0.05, 0.1) is 5.52 Å². The summed E-state index contributed by atoms with van der Waals surface area (Å²) in [5, 5.41) is 7.69. The maximum Gasteiger partial charge on any atom is 0.253 e. The van der Waals surface area contributed by atoms with E-state index in [1.807, 2.05) is 17.0 Å². The van der Waals surface area contributed by atoms with Gasteiger partial charge < -0.3 is 15.5 Å². The smallest absolute Gasteiger partial charge is 0.253 e. The zero-order chi connectivity index (χ0) is 21.8. The number of benzene rings is 2. The summed E-state index contributed by atoms with van der Waals surface area (Å²) in [7, 11) is 0. The van der Waals surface area contributed by atoms with E-state index in [1.54, 1.807) is 43.5 Å². The molecule has 0 saturated carbocycles. The van der Waals surface area contributed by atoms with E-state index in [1.165, 1.54) is 0 Å². The predicted molar refractivity (Wildman–Crippen MR) is 122 cm³/mol. The molecule has 0 radical (unpaired) electrons. The van der Waals surface area contributed by atoms with Crippen LogP contribution >= 0.6 is 11.6 Å². The monoisotopic (exact) mass is 437 g/mol. The molecule has 2 N–H and O–H groups in total. The topological polar surface area (TPSA) is 87.2 Å². The molecule has 160 valence electrons. The fourth-order valence-electron chi connectivity index (χ4n) is 3.66. The number of amides is 2. The SMILES string of the molecule is CCC(=O)Nc1ccc(C(=O)N2CCCC(Nc3ncc4cc(Cl)ccc4n3)C2)cc1. The Labute approximate surface area is 185 Å². The molecule has 1 atom stereocenters. The molecule has 1 unspecified atom stereocenters. The second kappa shape index (κ2) is 9.31. The van der Waals surface area contributed by atoms with Crippen LogP contribution in [0.2, 0.25) is 5.02 Å². The number of hydrogen-bond acceptors (Lipinski definition) is 5. The first kappa shape index (κ1) is 21.1. The van der Waals surface area contributed by atoms with E-state index in [9.17, 15) is 9.59 Å². The molecule has 1 aliphatic rings. The summed E-state index contributed by atoms with van der Waals surface area (Å²) in [6.07, 6.45) is 4.00. The molecule has 3 aromatic rings. The number of anilines is 2. The largest absolute Gasteiger partial charge is 0.350 e. The van der Waals surface area contributed by atoms with Gasteiger partial charge >= 0.3 is 0 Å². The number of rotatable bonds is 5. The van der Waals surface area contributed by atoms with Gasteiger partial charge in [-0.05, 0) is 55.3 Å². The Morgan fingerprint density at radius 2 is 2.00 bits per heavy atom. The molecule has 8 heteroatoms. The molecule has 1 saturated heterocycles. The van der Waals surface area contributed by atoms with Crippen molar-refractivity contribution in [3.8, 4) is 0 Å². The van der Waals surface area contributed by atoms with E-state index >= 15 is 0 Å². The van der Waals surface area contributed by atoms with Crippen LogP contribution in [0.25, 0.3) is 10.9 Å². The fraction of sp³-hybridized carbons (Fsp3) is 0.304. The van der Waals surface area contributed by atoms with Crippen molar-refractivity contribution in [2.45, 2.75) is 32.2 Å². The van der Waals surface area contributed by atoms with Crippen LogP contribution in [0, 0.1) is 0 Å². The van der Waals surface area contributed by atoms with Crippen molar-refractivity contribution in [2.75, 3.05) is 23.7 Å². The summed E-state index contributed by atoms with van der Waals surface area (Å²) in [4.78, 5) is 35.3. The maximum absolute atomic E-state index is 13.0. The van der Waals surface area contributed by atoms with E-state index in [2.05, 4.69) is 20.6 Å². The molecule has 1 aliphatic heterocycles. The molecule has 0 bridgehead atoms. The van der Waals surface area contributed by atoms with Gasteiger partial charge in [-0.3, -0.25) is 9.59 Å². The number of halogens is 1. The zero-order valence-electron chi connectivity index (χ0n) is 17.3. The van der Waals surface area contributed by atoms with Gasteiger partial charge in [0.15, 0.2) is 0 Å². The lowest BCUT2D eigenvalue weighted by Gasteiger charge is -2.33. The van der Waals surface area contributed by atoms with Gasteiger partial charge in [0.25, 0.3) is 5.91 Å². The summed E-state index contributed by atoms with van der Waals surface area (Å²) >= 11 is 6.02. The van der Waals surface area contributed by atoms with E-state index in [0.717, 1.165) is 23.7 Å². The second-order valence-corrected chi connectivity index (χ2v) is 8.05. The van der Waals surface area contributed by atoms with Crippen molar-refractivity contribution in [2.24, 2.45) is 0 Å². The first-order chi connectivity index (χ1) is 15.0. The van der Waals surface area contributed by atoms with Crippen molar-refractivity contribution in [1.82, 2.24) is 14.9 Å². The van der Waals surface area contributed by atoms with Crippen LogP contribution < -0.4 is 10.6 Å². The van der Waals surface area contributed by atoms with E-state index < -0.39 is 0 Å². The third-order valence-electron chi connectivity index (χ3n) is 5.32. The number of fused-ring (bicyclic) bond motifs is 1. The van der Waals surface area contributed by atoms with Crippen molar-refractivity contribution < 1.29 is 9.59 Å². The van der Waals surface area contributed by atoms with Crippen LogP contribution in [-0.2, 0) is 4.79 Å². The van der Waals surface area contributed by atoms with Crippen LogP contribution in [0.15, 0.2) is 48.7 Å². The summed E-state index contributed by atoms with van der Waals surface area (Å²) in [6, 6.07) is 12.6. The number of nitrogens with one attached hydrogen (secondary N) is 2. The van der Waals surface area contributed by atoms with Crippen LogP contribution in [0.5, 0.6) is 0 Å². The van der Waals surface area contributed by atoms with Gasteiger partial charge in [-0.1, -0.05) is 18.5 Å². The number of aromatic nitrogens is 2. The van der Waals surface area contributed by atoms with Crippen molar-refractivity contribution >= 4 is 46.0 Å². The molecular weight excluding hydrogens is 414 g/mol. The molecule has 2 amide bonds. The van der Waals surface area contributed by atoms with Crippen molar-refractivity contribution in [1.29, 1.82) is 0 Å². The highest BCUT2D eigenvalue weighted by molar-refractivity contribution is 6.31. The van der Waals surface area contributed by atoms with E-state index in [-0.39, 0.29) is 17.9 Å². The molecule has 1 fully saturated rings. The van der Waals surface area contributed by atoms with E-state index in [0.29, 0.717) is 41.7 Å². The lowest BCUT2D eigenvalue weighted by molar-refractivity contribution is -0.115. The normalized spacial score (nSPS) is 16.2. The molecule has 1 aromatic heterocycles. The van der Waals surface area contributed by atoms with Gasteiger partial charge in [-0.2, -0.15) is 0 Å². The number of piperidine rings is 1. The molecule has 2 aromatic carbocycles. The standard InChI is InChI=1S/C23H24ClN5O2/c1-2-21(30)26-18-8-5-15(6-9-18)22(31)29-11-3-4-19(14-29)27-23-25-13-16-12-17(24)7-10-20(16)28-23/h5-10,12-13,19H,2-4,11,14H2,1H3,(H,26,30)(H,25,27,28). The van der Waals surface area contributed by atoms with Crippen LogP contribution in [0.4, 0.5) is 11.6 Å². The van der Waals surface area contributed by atoms with Gasteiger partial charge in [0, 0.05) is 53.4 Å². The van der Waals surface area contributed by atoms with Crippen LogP contribution in [-0.4, -0.2) is 45.8 Å². The third kappa shape index (κ3) is 5.11. The molecular formula is C23H24ClN5O2. The summed E-state index contributed by atoms with van der Waals surface area (Å²) in [6.45, 7) is 3.09. The minimum atomic E-state index is -0.0527. The van der Waals surface area contributed by atoms with Gasteiger partial charge in [0.1, 0.15) is 0 Å². The first-order valence-corrected chi connectivity index (χ1v) is 10.8. The Kier molecular flexibility index (Phi) is 6.32. The second-order valence-electron chi connectivity index (χ2n) is 7.61. The van der Waals surface area contributed by atoms with Crippen molar-refractivity contribution in [3.63, 3.8) is 0 Å². The Morgan fingerprint density at radius 1 is 1.19 bits per heavy atom. The first-order valence-electron chi connectivity index (χ1n) is 10.4. The van der Waals surface area contributed by atoms with Crippen LogP contribution in [0.1, 0.15) is 36.5 Å². The van der Waals surface area contributed by atoms with Gasteiger partial charge in [0.2, 0.25) is 11.9 Å². The minimum absolute atomic E-state index is 0.0195. The zero-order valence-corrected chi connectivity index (χ0v) is 18.0. The van der Waals surface area contributed by atoms with Crippen molar-refractivity contribution in [3.05, 3.63) is 59.2 Å². The third-order valence-corrected chi connectivity index (χ3v) is 5.56. The summed E-state index contributed by atoms with van der Waals surface area (Å²) in [5.41, 5.74) is 2.12. The number of hydrogen-bond donors (Lipinski definition) is 2. The highest BCUT2D eigenvalue weighted by atomic mass is 35.5. The number of likely N-dealkylation sites (tertiary alicyclic amines) is 1. The van der Waals surface area contributed by atoms with Gasteiger partial charge in [-0.25, -0.2) is 9.97 Å². The highest BCUT2D eigenvalue weighted by Gasteiger charge is 2.25. The molecule has 0 aliphatic carbocycles. The Bertz CT molecular complexity index is 1100. The summed E-state index contributed by atoms with van der Waals surface area (Å²) in [5.74, 6) is 0.474. The Hall–Kier alpha value is -3.19. The lowest BCUT2D eigenvalue weighted by atomic mass is 10.0. The quantitative estimate of drug-likeness (QED) is 0.619. The lowest BCUT2D eigenvalue weighted by Crippen LogP contribution is -2.45. The van der Waals surface area contributed by atoms with Gasteiger partial charge in [-0.15, -0.1) is 0 Å². The fourth-order valence-corrected chi connectivity index (χ4v) is 3.84. The average Bonchev–Trinajstić information content (AvgIpc) is 2.79. The van der Waals surface area contributed by atoms with E-state index in [4.69, 9.17) is 11.6 Å². The number of carbonyl (C=O) groups excluding carboxylic acids is 2. The Balaban J connectivity index is 1.40. The summed E-state index contributed by atoms with van der Waals surface area (Å²) < 4.78 is 0. The Morgan fingerprint density at radius 3 is 2.77 bits per heavy atom. The maximum atomic E-state index is 13.0. The molecule has 0 spiro atoms. The molecule has 7 nitrogen and oxygen atoms in total. The van der Waals surface area contributed by atoms with Crippen LogP contribution in [0.3, 0.4) is 0 Å². The highest BCUT2D eigenvalue weighted by Crippen LogP contribution is 2.21. The molecule has 2 heterocycles. The molecule has 4 rings (SSSR count). The molecule has 31 heavy (non-hydrogen) atoms. The number of nitrogens with zero attached hydrogens (tertiary/aromatic N) is 3. The average molecular weight is 438 g/mol.